The van der Waals surface area contributed by atoms with Crippen LogP contribution < -0.4 is 0 Å². The molecule has 6 nitrogen and oxygen atoms in total. The lowest BCUT2D eigenvalue weighted by molar-refractivity contribution is -0.136. The Morgan fingerprint density at radius 3 is 2.64 bits per heavy atom. The van der Waals surface area contributed by atoms with E-state index in [9.17, 15) is 13.2 Å². The molecular weight excluding hydrogens is 306 g/mol. The van der Waals surface area contributed by atoms with E-state index in [-0.39, 0.29) is 29.6 Å². The number of likely N-dealkylation sites (tertiary alicyclic amines) is 1. The number of rotatable bonds is 7. The minimum atomic E-state index is -3.29. The fraction of sp³-hybridized carbons (Fsp3) is 0.933. The molecule has 0 aliphatic carbocycles. The Balaban J connectivity index is 1.83. The molecule has 0 aromatic carbocycles. The molecule has 2 rings (SSSR count). The highest BCUT2D eigenvalue weighted by Gasteiger charge is 2.33. The van der Waals surface area contributed by atoms with E-state index in [0.717, 1.165) is 25.7 Å². The van der Waals surface area contributed by atoms with E-state index in [1.165, 1.54) is 0 Å². The predicted molar refractivity (Wildman–Crippen MR) is 83.2 cm³/mol. The van der Waals surface area contributed by atoms with Crippen molar-refractivity contribution in [3.05, 3.63) is 0 Å². The Hall–Kier alpha value is -0.660. The number of sulfone groups is 1. The Kier molecular flexibility index (Phi) is 6.65. The second-order valence-electron chi connectivity index (χ2n) is 6.15. The predicted octanol–water partition coefficient (Wildman–Crippen LogP) is 1.20. The third-order valence-corrected chi connectivity index (χ3v) is 5.84. The first-order valence-corrected chi connectivity index (χ1v) is 10.1. The van der Waals surface area contributed by atoms with Gasteiger partial charge in [-0.3, -0.25) is 4.79 Å². The van der Waals surface area contributed by atoms with Gasteiger partial charge in [-0.15, -0.1) is 0 Å². The van der Waals surface area contributed by atoms with Crippen LogP contribution in [0.3, 0.4) is 0 Å². The highest BCUT2D eigenvalue weighted by molar-refractivity contribution is 7.92. The first-order chi connectivity index (χ1) is 10.5. The molecule has 7 heteroatoms. The summed E-state index contributed by atoms with van der Waals surface area (Å²) in [6.07, 6.45) is 4.08. The lowest BCUT2D eigenvalue weighted by Gasteiger charge is -2.34. The number of nitrogens with zero attached hydrogens (tertiary/aromatic N) is 1. The maximum Gasteiger partial charge on any atom is 0.237 e. The second-order valence-corrected chi connectivity index (χ2v) is 8.34. The molecule has 1 unspecified atom stereocenters. The monoisotopic (exact) mass is 333 g/mol. The fourth-order valence-electron chi connectivity index (χ4n) is 3.03. The van der Waals surface area contributed by atoms with Crippen molar-refractivity contribution in [3.8, 4) is 0 Å². The molecule has 0 N–H and O–H groups in total. The SMILES string of the molecule is CCCCCS(=O)(=O)CC(=O)N1CCCC(C2OCCO2)C1. The number of ether oxygens (including phenoxy) is 2. The number of carbonyl (C=O) groups is 1. The quantitative estimate of drug-likeness (QED) is 0.655. The van der Waals surface area contributed by atoms with Crippen LogP contribution in [0.25, 0.3) is 0 Å². The lowest BCUT2D eigenvalue weighted by atomic mass is 9.97. The third kappa shape index (κ3) is 5.21. The number of hydrogen-bond acceptors (Lipinski definition) is 5. The zero-order chi connectivity index (χ0) is 16.0. The molecule has 2 aliphatic heterocycles. The molecule has 2 fully saturated rings. The van der Waals surface area contributed by atoms with Crippen LogP contribution in [0.1, 0.15) is 39.0 Å². The van der Waals surface area contributed by atoms with Gasteiger partial charge in [-0.05, 0) is 19.3 Å². The molecule has 0 aromatic rings. The first kappa shape index (κ1) is 17.7. The molecule has 1 atom stereocenters. The molecule has 128 valence electrons. The summed E-state index contributed by atoms with van der Waals surface area (Å²) in [6.45, 7) is 4.39. The Bertz CT molecular complexity index is 459. The van der Waals surface area contributed by atoms with Crippen LogP contribution in [0.2, 0.25) is 0 Å². The van der Waals surface area contributed by atoms with Crippen molar-refractivity contribution in [2.24, 2.45) is 5.92 Å². The molecule has 2 heterocycles. The zero-order valence-electron chi connectivity index (χ0n) is 13.3. The summed E-state index contributed by atoms with van der Waals surface area (Å²) in [5.41, 5.74) is 0. The summed E-state index contributed by atoms with van der Waals surface area (Å²) in [7, 11) is -3.29. The first-order valence-electron chi connectivity index (χ1n) is 8.23. The summed E-state index contributed by atoms with van der Waals surface area (Å²) in [6, 6.07) is 0. The van der Waals surface area contributed by atoms with Crippen LogP contribution in [-0.2, 0) is 24.1 Å². The van der Waals surface area contributed by atoms with Gasteiger partial charge in [0.25, 0.3) is 0 Å². The van der Waals surface area contributed by atoms with Crippen LogP contribution in [0, 0.1) is 5.92 Å². The summed E-state index contributed by atoms with van der Waals surface area (Å²) in [5.74, 6) is -0.378. The largest absolute Gasteiger partial charge is 0.350 e. The fourth-order valence-corrected chi connectivity index (χ4v) is 4.38. The van der Waals surface area contributed by atoms with Crippen molar-refractivity contribution >= 4 is 15.7 Å². The third-order valence-electron chi connectivity index (χ3n) is 4.25. The highest BCUT2D eigenvalue weighted by atomic mass is 32.2. The molecule has 0 saturated carbocycles. The molecule has 22 heavy (non-hydrogen) atoms. The van der Waals surface area contributed by atoms with Crippen LogP contribution in [-0.4, -0.2) is 63.3 Å². The standard InChI is InChI=1S/C15H27NO5S/c1-2-3-4-10-22(18,19)12-14(17)16-7-5-6-13(11-16)15-20-8-9-21-15/h13,15H,2-12H2,1H3. The van der Waals surface area contributed by atoms with Crippen LogP contribution in [0.5, 0.6) is 0 Å². The van der Waals surface area contributed by atoms with Crippen molar-refractivity contribution in [2.75, 3.05) is 37.8 Å². The minimum Gasteiger partial charge on any atom is -0.350 e. The van der Waals surface area contributed by atoms with Crippen LogP contribution in [0.15, 0.2) is 0 Å². The number of unbranched alkanes of at least 4 members (excludes halogenated alkanes) is 2. The molecule has 1 amide bonds. The van der Waals surface area contributed by atoms with Crippen molar-refractivity contribution in [2.45, 2.75) is 45.3 Å². The van der Waals surface area contributed by atoms with E-state index in [4.69, 9.17) is 9.47 Å². The average Bonchev–Trinajstić information content (AvgIpc) is 3.01. The molecule has 0 bridgehead atoms. The number of hydrogen-bond donors (Lipinski definition) is 0. The van der Waals surface area contributed by atoms with Crippen molar-refractivity contribution in [1.29, 1.82) is 0 Å². The highest BCUT2D eigenvalue weighted by Crippen LogP contribution is 2.25. The molecule has 2 aliphatic rings. The van der Waals surface area contributed by atoms with Gasteiger partial charge in [0.15, 0.2) is 16.1 Å². The molecule has 0 spiro atoms. The maximum atomic E-state index is 12.3. The van der Waals surface area contributed by atoms with Crippen molar-refractivity contribution in [3.63, 3.8) is 0 Å². The Morgan fingerprint density at radius 1 is 1.23 bits per heavy atom. The average molecular weight is 333 g/mol. The van der Waals surface area contributed by atoms with Crippen LogP contribution >= 0.6 is 0 Å². The van der Waals surface area contributed by atoms with Gasteiger partial charge >= 0.3 is 0 Å². The summed E-state index contributed by atoms with van der Waals surface area (Å²) < 4.78 is 35.0. The molecular formula is C15H27NO5S. The van der Waals surface area contributed by atoms with Crippen molar-refractivity contribution in [1.82, 2.24) is 4.90 Å². The van der Waals surface area contributed by atoms with E-state index >= 15 is 0 Å². The zero-order valence-corrected chi connectivity index (χ0v) is 14.1. The molecule has 0 aromatic heterocycles. The summed E-state index contributed by atoms with van der Waals surface area (Å²) >= 11 is 0. The van der Waals surface area contributed by atoms with Gasteiger partial charge < -0.3 is 14.4 Å². The van der Waals surface area contributed by atoms with Gasteiger partial charge in [-0.2, -0.15) is 0 Å². The van der Waals surface area contributed by atoms with Gasteiger partial charge in [-0.25, -0.2) is 8.42 Å². The van der Waals surface area contributed by atoms with Crippen LogP contribution in [0.4, 0.5) is 0 Å². The lowest BCUT2D eigenvalue weighted by Crippen LogP contribution is -2.46. The number of carbonyl (C=O) groups excluding carboxylic acids is 1. The topological polar surface area (TPSA) is 72.9 Å². The summed E-state index contributed by atoms with van der Waals surface area (Å²) in [4.78, 5) is 13.9. The number of amides is 1. The molecule has 0 radical (unpaired) electrons. The van der Waals surface area contributed by atoms with E-state index in [1.54, 1.807) is 4.90 Å². The van der Waals surface area contributed by atoms with E-state index in [1.807, 2.05) is 6.92 Å². The smallest absolute Gasteiger partial charge is 0.237 e. The van der Waals surface area contributed by atoms with Crippen molar-refractivity contribution < 1.29 is 22.7 Å². The second kappa shape index (κ2) is 8.26. The van der Waals surface area contributed by atoms with Gasteiger partial charge in [0.2, 0.25) is 5.91 Å². The van der Waals surface area contributed by atoms with E-state index in [0.29, 0.717) is 32.7 Å². The Labute approximate surface area is 133 Å². The Morgan fingerprint density at radius 2 is 1.95 bits per heavy atom. The minimum absolute atomic E-state index is 0.110. The van der Waals surface area contributed by atoms with Gasteiger partial charge in [0.05, 0.1) is 19.0 Å². The van der Waals surface area contributed by atoms with E-state index < -0.39 is 9.84 Å². The molecule has 2 saturated heterocycles. The van der Waals surface area contributed by atoms with E-state index in [2.05, 4.69) is 0 Å². The van der Waals surface area contributed by atoms with Gasteiger partial charge in [-0.1, -0.05) is 19.8 Å². The maximum absolute atomic E-state index is 12.3. The number of piperidine rings is 1. The summed E-state index contributed by atoms with van der Waals surface area (Å²) in [5, 5.41) is 0. The van der Waals surface area contributed by atoms with Gasteiger partial charge in [0, 0.05) is 19.0 Å². The normalized spacial score (nSPS) is 23.9. The van der Waals surface area contributed by atoms with Gasteiger partial charge in [0.1, 0.15) is 5.75 Å².